The molecule has 0 bridgehead atoms. The monoisotopic (exact) mass is 308 g/mol. The van der Waals surface area contributed by atoms with Crippen molar-refractivity contribution in [3.63, 3.8) is 0 Å². The lowest BCUT2D eigenvalue weighted by atomic mass is 10.0. The molecule has 0 atom stereocenters. The Hall–Kier alpha value is -1.93. The number of hydrogen-bond acceptors (Lipinski definition) is 7. The number of carbonyl (C=O) groups is 1. The second kappa shape index (κ2) is 5.82. The zero-order valence-corrected chi connectivity index (χ0v) is 13.2. The molecule has 21 heavy (non-hydrogen) atoms. The van der Waals surface area contributed by atoms with Gasteiger partial charge in [0.2, 0.25) is 11.9 Å². The molecule has 1 amide bonds. The lowest BCUT2D eigenvalue weighted by molar-refractivity contribution is -0.118. The standard InChI is InChI=1S/C13H20N6OS/c1-4-7-5-8-10(18-13(2,3)6-9(14)20)16-12(19-15)17-11(8)21-7/h5H,4,6,15H2,1-3H3,(H2,14,20)(H2,16,17,18,19). The van der Waals surface area contributed by atoms with Crippen molar-refractivity contribution in [2.45, 2.75) is 39.2 Å². The van der Waals surface area contributed by atoms with E-state index in [-0.39, 0.29) is 12.3 Å². The van der Waals surface area contributed by atoms with Crippen LogP contribution in [0.25, 0.3) is 10.2 Å². The van der Waals surface area contributed by atoms with Crippen molar-refractivity contribution in [3.8, 4) is 0 Å². The number of hydrogen-bond donors (Lipinski definition) is 4. The van der Waals surface area contributed by atoms with Gasteiger partial charge in [0.15, 0.2) is 0 Å². The van der Waals surface area contributed by atoms with Gasteiger partial charge in [-0.15, -0.1) is 11.3 Å². The molecule has 0 aliphatic heterocycles. The van der Waals surface area contributed by atoms with Gasteiger partial charge in [-0.2, -0.15) is 4.98 Å². The minimum absolute atomic E-state index is 0.203. The van der Waals surface area contributed by atoms with Crippen LogP contribution >= 0.6 is 11.3 Å². The van der Waals surface area contributed by atoms with E-state index >= 15 is 0 Å². The molecule has 2 heterocycles. The van der Waals surface area contributed by atoms with Crippen molar-refractivity contribution in [2.24, 2.45) is 11.6 Å². The van der Waals surface area contributed by atoms with E-state index in [0.717, 1.165) is 16.6 Å². The summed E-state index contributed by atoms with van der Waals surface area (Å²) in [6.45, 7) is 5.88. The highest BCUT2D eigenvalue weighted by molar-refractivity contribution is 7.18. The van der Waals surface area contributed by atoms with Gasteiger partial charge < -0.3 is 11.1 Å². The van der Waals surface area contributed by atoms with E-state index in [1.54, 1.807) is 11.3 Å². The summed E-state index contributed by atoms with van der Waals surface area (Å²) < 4.78 is 0. The summed E-state index contributed by atoms with van der Waals surface area (Å²) in [5.74, 6) is 6.04. The first-order chi connectivity index (χ1) is 9.84. The summed E-state index contributed by atoms with van der Waals surface area (Å²) in [6.07, 6.45) is 1.13. The predicted molar refractivity (Wildman–Crippen MR) is 86.1 cm³/mol. The van der Waals surface area contributed by atoms with Crippen LogP contribution in [0.1, 0.15) is 32.1 Å². The predicted octanol–water partition coefficient (Wildman–Crippen LogP) is 1.61. The maximum atomic E-state index is 11.2. The summed E-state index contributed by atoms with van der Waals surface area (Å²) in [6, 6.07) is 2.06. The zero-order valence-electron chi connectivity index (χ0n) is 12.4. The van der Waals surface area contributed by atoms with Crippen LogP contribution < -0.4 is 22.3 Å². The third kappa shape index (κ3) is 3.59. The van der Waals surface area contributed by atoms with Crippen molar-refractivity contribution in [2.75, 3.05) is 10.7 Å². The van der Waals surface area contributed by atoms with Crippen LogP contribution in [-0.4, -0.2) is 21.4 Å². The summed E-state index contributed by atoms with van der Waals surface area (Å²) in [5.41, 5.74) is 7.24. The van der Waals surface area contributed by atoms with Gasteiger partial charge in [0.05, 0.1) is 5.39 Å². The number of amides is 1. The number of carbonyl (C=O) groups excluding carboxylic acids is 1. The van der Waals surface area contributed by atoms with E-state index in [1.807, 2.05) is 13.8 Å². The number of fused-ring (bicyclic) bond motifs is 1. The van der Waals surface area contributed by atoms with Crippen molar-refractivity contribution < 1.29 is 4.79 Å². The highest BCUT2D eigenvalue weighted by Gasteiger charge is 2.23. The minimum atomic E-state index is -0.507. The number of nitrogens with one attached hydrogen (secondary N) is 2. The second-order valence-corrected chi connectivity index (χ2v) is 6.59. The van der Waals surface area contributed by atoms with E-state index in [0.29, 0.717) is 11.8 Å². The number of nitrogens with zero attached hydrogens (tertiary/aromatic N) is 2. The van der Waals surface area contributed by atoms with E-state index in [1.165, 1.54) is 4.88 Å². The number of anilines is 2. The van der Waals surface area contributed by atoms with Crippen molar-refractivity contribution >= 4 is 39.2 Å². The quantitative estimate of drug-likeness (QED) is 0.475. The van der Waals surface area contributed by atoms with Crippen LogP contribution in [0.2, 0.25) is 0 Å². The molecule has 6 N–H and O–H groups in total. The number of nitrogens with two attached hydrogens (primary N) is 2. The Labute approximate surface area is 127 Å². The Balaban J connectivity index is 2.45. The molecule has 0 aliphatic rings. The molecule has 0 aromatic carbocycles. The number of hydrazine groups is 1. The van der Waals surface area contributed by atoms with Crippen LogP contribution in [0.4, 0.5) is 11.8 Å². The summed E-state index contributed by atoms with van der Waals surface area (Å²) in [4.78, 5) is 21.9. The van der Waals surface area contributed by atoms with E-state index in [2.05, 4.69) is 33.7 Å². The molecule has 8 heteroatoms. The summed E-state index contributed by atoms with van der Waals surface area (Å²) in [5, 5.41) is 4.19. The van der Waals surface area contributed by atoms with E-state index in [4.69, 9.17) is 11.6 Å². The maximum Gasteiger partial charge on any atom is 0.240 e. The fourth-order valence-electron chi connectivity index (χ4n) is 2.11. The highest BCUT2D eigenvalue weighted by Crippen LogP contribution is 2.32. The smallest absolute Gasteiger partial charge is 0.240 e. The van der Waals surface area contributed by atoms with E-state index in [9.17, 15) is 4.79 Å². The van der Waals surface area contributed by atoms with Gasteiger partial charge in [-0.05, 0) is 26.3 Å². The van der Waals surface area contributed by atoms with Gasteiger partial charge >= 0.3 is 0 Å². The van der Waals surface area contributed by atoms with Crippen LogP contribution in [0.3, 0.4) is 0 Å². The van der Waals surface area contributed by atoms with Crippen LogP contribution in [-0.2, 0) is 11.2 Å². The molecular weight excluding hydrogens is 288 g/mol. The Morgan fingerprint density at radius 1 is 1.43 bits per heavy atom. The van der Waals surface area contributed by atoms with Gasteiger partial charge in [-0.25, -0.2) is 10.8 Å². The number of nitrogen functional groups attached to an aromatic ring is 1. The molecule has 2 rings (SSSR count). The number of aryl methyl sites for hydroxylation is 1. The van der Waals surface area contributed by atoms with Gasteiger partial charge in [0.25, 0.3) is 0 Å². The third-order valence-electron chi connectivity index (χ3n) is 2.99. The number of rotatable bonds is 6. The molecule has 0 unspecified atom stereocenters. The number of primary amides is 1. The SMILES string of the molecule is CCc1cc2c(NC(C)(C)CC(N)=O)nc(NN)nc2s1. The van der Waals surface area contributed by atoms with Crippen molar-refractivity contribution in [3.05, 3.63) is 10.9 Å². The van der Waals surface area contributed by atoms with Crippen LogP contribution in [0.15, 0.2) is 6.07 Å². The molecule has 2 aromatic heterocycles. The fraction of sp³-hybridized carbons (Fsp3) is 0.462. The topological polar surface area (TPSA) is 119 Å². The average Bonchev–Trinajstić information content (AvgIpc) is 2.79. The molecule has 0 aliphatic carbocycles. The molecule has 0 radical (unpaired) electrons. The molecule has 2 aromatic rings. The highest BCUT2D eigenvalue weighted by atomic mass is 32.1. The van der Waals surface area contributed by atoms with Crippen LogP contribution in [0.5, 0.6) is 0 Å². The largest absolute Gasteiger partial charge is 0.370 e. The van der Waals surface area contributed by atoms with Crippen molar-refractivity contribution in [1.82, 2.24) is 9.97 Å². The fourth-order valence-corrected chi connectivity index (χ4v) is 3.07. The molecular formula is C13H20N6OS. The lowest BCUT2D eigenvalue weighted by Gasteiger charge is -2.25. The minimum Gasteiger partial charge on any atom is -0.370 e. The molecule has 114 valence electrons. The zero-order chi connectivity index (χ0) is 15.6. The normalized spacial score (nSPS) is 11.6. The number of aromatic nitrogens is 2. The number of thiophene rings is 1. The van der Waals surface area contributed by atoms with Gasteiger partial charge in [-0.3, -0.25) is 10.2 Å². The average molecular weight is 308 g/mol. The van der Waals surface area contributed by atoms with Gasteiger partial charge in [0.1, 0.15) is 10.6 Å². The maximum absolute atomic E-state index is 11.2. The molecule has 0 saturated heterocycles. The lowest BCUT2D eigenvalue weighted by Crippen LogP contribution is -2.36. The first-order valence-electron chi connectivity index (χ1n) is 6.68. The molecule has 7 nitrogen and oxygen atoms in total. The first kappa shape index (κ1) is 15.5. The Morgan fingerprint density at radius 2 is 2.14 bits per heavy atom. The molecule has 0 fully saturated rings. The Kier molecular flexibility index (Phi) is 4.29. The van der Waals surface area contributed by atoms with Gasteiger partial charge in [0, 0.05) is 16.8 Å². The first-order valence-corrected chi connectivity index (χ1v) is 7.50. The Morgan fingerprint density at radius 3 is 2.71 bits per heavy atom. The molecule has 0 saturated carbocycles. The van der Waals surface area contributed by atoms with Crippen LogP contribution in [0, 0.1) is 0 Å². The van der Waals surface area contributed by atoms with Crippen molar-refractivity contribution in [1.29, 1.82) is 0 Å². The summed E-state index contributed by atoms with van der Waals surface area (Å²) in [7, 11) is 0. The molecule has 0 spiro atoms. The Bertz CT molecular complexity index is 666. The van der Waals surface area contributed by atoms with E-state index < -0.39 is 5.54 Å². The summed E-state index contributed by atoms with van der Waals surface area (Å²) >= 11 is 1.60. The van der Waals surface area contributed by atoms with Gasteiger partial charge in [-0.1, -0.05) is 6.92 Å². The second-order valence-electron chi connectivity index (χ2n) is 5.48. The third-order valence-corrected chi connectivity index (χ3v) is 4.17.